The highest BCUT2D eigenvalue weighted by Crippen LogP contribution is 2.32. The van der Waals surface area contributed by atoms with Crippen molar-refractivity contribution in [1.82, 2.24) is 0 Å². The number of hydrogen-bond acceptors (Lipinski definition) is 2. The molecule has 0 aromatic heterocycles. The van der Waals surface area contributed by atoms with E-state index in [4.69, 9.17) is 0 Å². The van der Waals surface area contributed by atoms with Gasteiger partial charge in [0.1, 0.15) is 0 Å². The number of Topliss-reactive ketones (excluding diaryl/α,β-unsaturated/α-hetero) is 1. The number of carbonyl (C=O) groups excluding carboxylic acids is 2. The summed E-state index contributed by atoms with van der Waals surface area (Å²) in [5.41, 5.74) is 2.36. The summed E-state index contributed by atoms with van der Waals surface area (Å²) in [6.45, 7) is 2.58. The molecule has 1 aliphatic heterocycles. The van der Waals surface area contributed by atoms with E-state index < -0.39 is 0 Å². The summed E-state index contributed by atoms with van der Waals surface area (Å²) in [4.78, 5) is 25.4. The van der Waals surface area contributed by atoms with Crippen LogP contribution in [0.1, 0.15) is 35.2 Å². The molecule has 4 heteroatoms. The van der Waals surface area contributed by atoms with Gasteiger partial charge in [-0.1, -0.05) is 34.5 Å². The Morgan fingerprint density at radius 1 is 1.17 bits per heavy atom. The molecule has 0 bridgehead atoms. The molecule has 3 nitrogen and oxygen atoms in total. The van der Waals surface area contributed by atoms with Crippen molar-refractivity contribution in [2.24, 2.45) is 0 Å². The minimum atomic E-state index is -0.377. The number of para-hydroxylation sites is 1. The summed E-state index contributed by atoms with van der Waals surface area (Å²) in [5.74, 6) is -0.743. The topological polar surface area (TPSA) is 37.4 Å². The molecular formula is C14H16BrNO2. The van der Waals surface area contributed by atoms with Gasteiger partial charge < -0.3 is 4.90 Å². The average Bonchev–Trinajstić information content (AvgIpc) is 2.61. The molecule has 96 valence electrons. The number of anilines is 1. The minimum Gasteiger partial charge on any atom is -0.304 e. The average molecular weight is 310 g/mol. The maximum atomic E-state index is 11.9. The molecule has 1 heterocycles. The van der Waals surface area contributed by atoms with Crippen LogP contribution in [0, 0.1) is 6.92 Å². The highest BCUT2D eigenvalue weighted by Gasteiger charge is 2.36. The molecule has 0 fully saturated rings. The SMILES string of the molecule is Cc1cccc2c1N(CCCCCBr)C(=O)C2=O. The van der Waals surface area contributed by atoms with Crippen LogP contribution in [-0.4, -0.2) is 23.6 Å². The third-order valence-electron chi connectivity index (χ3n) is 3.21. The lowest BCUT2D eigenvalue weighted by atomic mass is 10.1. The first kappa shape index (κ1) is 13.3. The van der Waals surface area contributed by atoms with Crippen molar-refractivity contribution in [2.75, 3.05) is 16.8 Å². The van der Waals surface area contributed by atoms with Gasteiger partial charge in [-0.2, -0.15) is 0 Å². The van der Waals surface area contributed by atoms with Crippen molar-refractivity contribution < 1.29 is 9.59 Å². The second-order valence-corrected chi connectivity index (χ2v) is 5.30. The molecular weight excluding hydrogens is 294 g/mol. The van der Waals surface area contributed by atoms with Crippen LogP contribution in [0.2, 0.25) is 0 Å². The fraction of sp³-hybridized carbons (Fsp3) is 0.429. The Bertz CT molecular complexity index is 485. The summed E-state index contributed by atoms with van der Waals surface area (Å²) in [5, 5.41) is 0.982. The van der Waals surface area contributed by atoms with Gasteiger partial charge in [0.2, 0.25) is 0 Å². The number of amides is 1. The zero-order chi connectivity index (χ0) is 13.1. The van der Waals surface area contributed by atoms with Crippen LogP contribution >= 0.6 is 15.9 Å². The van der Waals surface area contributed by atoms with Crippen molar-refractivity contribution in [3.8, 4) is 0 Å². The Morgan fingerprint density at radius 3 is 2.67 bits per heavy atom. The molecule has 2 rings (SSSR count). The molecule has 1 aromatic carbocycles. The molecule has 0 saturated heterocycles. The van der Waals surface area contributed by atoms with Gasteiger partial charge in [-0.05, 0) is 31.4 Å². The van der Waals surface area contributed by atoms with Crippen molar-refractivity contribution >= 4 is 33.3 Å². The van der Waals surface area contributed by atoms with Crippen molar-refractivity contribution in [3.63, 3.8) is 0 Å². The summed E-state index contributed by atoms with van der Waals surface area (Å²) >= 11 is 3.39. The van der Waals surface area contributed by atoms with Crippen LogP contribution in [0.15, 0.2) is 18.2 Å². The first-order chi connectivity index (χ1) is 8.66. The molecule has 0 aliphatic carbocycles. The van der Waals surface area contributed by atoms with Gasteiger partial charge in [-0.15, -0.1) is 0 Å². The van der Waals surface area contributed by atoms with Gasteiger partial charge in [-0.25, -0.2) is 0 Å². The molecule has 0 N–H and O–H groups in total. The van der Waals surface area contributed by atoms with E-state index in [1.807, 2.05) is 19.1 Å². The van der Waals surface area contributed by atoms with Crippen molar-refractivity contribution in [1.29, 1.82) is 0 Å². The quantitative estimate of drug-likeness (QED) is 0.476. The standard InChI is InChI=1S/C14H16BrNO2/c1-10-6-5-7-11-12(10)16(14(18)13(11)17)9-4-2-3-8-15/h5-7H,2-4,8-9H2,1H3. The van der Waals surface area contributed by atoms with E-state index >= 15 is 0 Å². The first-order valence-corrected chi connectivity index (χ1v) is 7.30. The van der Waals surface area contributed by atoms with Crippen LogP contribution in [0.5, 0.6) is 0 Å². The van der Waals surface area contributed by atoms with Gasteiger partial charge >= 0.3 is 0 Å². The third-order valence-corrected chi connectivity index (χ3v) is 3.77. The smallest absolute Gasteiger partial charge is 0.299 e. The maximum absolute atomic E-state index is 11.9. The van der Waals surface area contributed by atoms with Gasteiger partial charge in [0, 0.05) is 11.9 Å². The fourth-order valence-electron chi connectivity index (χ4n) is 2.29. The van der Waals surface area contributed by atoms with E-state index in [9.17, 15) is 9.59 Å². The summed E-state index contributed by atoms with van der Waals surface area (Å²) in [6, 6.07) is 5.50. The van der Waals surface area contributed by atoms with Crippen LogP contribution in [-0.2, 0) is 4.79 Å². The van der Waals surface area contributed by atoms with E-state index in [-0.39, 0.29) is 11.7 Å². The van der Waals surface area contributed by atoms with Crippen molar-refractivity contribution in [2.45, 2.75) is 26.2 Å². The first-order valence-electron chi connectivity index (χ1n) is 6.18. The second-order valence-electron chi connectivity index (χ2n) is 4.51. The molecule has 1 aromatic rings. The van der Waals surface area contributed by atoms with Crippen LogP contribution in [0.4, 0.5) is 5.69 Å². The van der Waals surface area contributed by atoms with Gasteiger partial charge in [-0.3, -0.25) is 9.59 Å². The van der Waals surface area contributed by atoms with Crippen LogP contribution in [0.25, 0.3) is 0 Å². The molecule has 0 saturated carbocycles. The van der Waals surface area contributed by atoms with Gasteiger partial charge in [0.05, 0.1) is 11.3 Å². The lowest BCUT2D eigenvalue weighted by Gasteiger charge is -2.18. The number of benzene rings is 1. The molecule has 1 amide bonds. The Labute approximate surface area is 115 Å². The molecule has 18 heavy (non-hydrogen) atoms. The predicted octanol–water partition coefficient (Wildman–Crippen LogP) is 3.09. The normalized spacial score (nSPS) is 14.2. The highest BCUT2D eigenvalue weighted by molar-refractivity contribution is 9.09. The minimum absolute atomic E-state index is 0.366. The molecule has 0 unspecified atom stereocenters. The monoisotopic (exact) mass is 309 g/mol. The highest BCUT2D eigenvalue weighted by atomic mass is 79.9. The fourth-order valence-corrected chi connectivity index (χ4v) is 2.69. The summed E-state index contributed by atoms with van der Waals surface area (Å²) < 4.78 is 0. The largest absolute Gasteiger partial charge is 0.304 e. The van der Waals surface area contributed by atoms with E-state index in [2.05, 4.69) is 15.9 Å². The zero-order valence-electron chi connectivity index (χ0n) is 10.4. The Kier molecular flexibility index (Phi) is 4.17. The van der Waals surface area contributed by atoms with E-state index in [0.29, 0.717) is 12.1 Å². The maximum Gasteiger partial charge on any atom is 0.299 e. The Hall–Kier alpha value is -1.16. The second kappa shape index (κ2) is 5.65. The number of fused-ring (bicyclic) bond motifs is 1. The number of unbranched alkanes of at least 4 members (excludes halogenated alkanes) is 2. The van der Waals surface area contributed by atoms with Crippen LogP contribution in [0.3, 0.4) is 0 Å². The van der Waals surface area contributed by atoms with Crippen LogP contribution < -0.4 is 4.90 Å². The van der Waals surface area contributed by atoms with E-state index in [1.165, 1.54) is 0 Å². The van der Waals surface area contributed by atoms with Gasteiger partial charge in [0.15, 0.2) is 0 Å². The third kappa shape index (κ3) is 2.34. The summed E-state index contributed by atoms with van der Waals surface area (Å²) in [6.07, 6.45) is 3.08. The van der Waals surface area contributed by atoms with Gasteiger partial charge in [0.25, 0.3) is 11.7 Å². The number of carbonyl (C=O) groups is 2. The number of hydrogen-bond donors (Lipinski definition) is 0. The number of alkyl halides is 1. The Balaban J connectivity index is 2.17. The number of rotatable bonds is 5. The van der Waals surface area contributed by atoms with Crippen molar-refractivity contribution in [3.05, 3.63) is 29.3 Å². The Morgan fingerprint density at radius 2 is 1.94 bits per heavy atom. The molecule has 0 spiro atoms. The molecule has 1 aliphatic rings. The van der Waals surface area contributed by atoms with E-state index in [1.54, 1.807) is 11.0 Å². The number of halogens is 1. The molecule has 0 radical (unpaired) electrons. The zero-order valence-corrected chi connectivity index (χ0v) is 12.0. The number of ketones is 1. The van der Waals surface area contributed by atoms with E-state index in [0.717, 1.165) is 35.8 Å². The predicted molar refractivity (Wildman–Crippen MR) is 75.5 cm³/mol. The number of nitrogens with zero attached hydrogens (tertiary/aromatic N) is 1. The molecule has 0 atom stereocenters. The summed E-state index contributed by atoms with van der Waals surface area (Å²) in [7, 11) is 0. The lowest BCUT2D eigenvalue weighted by molar-refractivity contribution is -0.114. The number of aryl methyl sites for hydroxylation is 1. The lowest BCUT2D eigenvalue weighted by Crippen LogP contribution is -2.31.